The number of aliphatic imine (C=N–C) groups is 1. The van der Waals surface area contributed by atoms with Gasteiger partial charge in [0.15, 0.2) is 5.96 Å². The van der Waals surface area contributed by atoms with E-state index in [1.54, 1.807) is 16.7 Å². The molecule has 1 saturated heterocycles. The van der Waals surface area contributed by atoms with Crippen LogP contribution in [0.15, 0.2) is 70.8 Å². The van der Waals surface area contributed by atoms with Crippen molar-refractivity contribution < 1.29 is 0 Å². The number of aryl methyl sites for hydroxylation is 1. The van der Waals surface area contributed by atoms with Gasteiger partial charge in [-0.3, -0.25) is 14.5 Å². The van der Waals surface area contributed by atoms with Crippen molar-refractivity contribution in [1.82, 2.24) is 24.6 Å². The lowest BCUT2D eigenvalue weighted by Gasteiger charge is -2.21. The van der Waals surface area contributed by atoms with Crippen molar-refractivity contribution in [3.05, 3.63) is 88.1 Å². The Morgan fingerprint density at radius 1 is 1.19 bits per heavy atom. The molecule has 4 rings (SSSR count). The topological polar surface area (TPSA) is 67.5 Å². The highest BCUT2D eigenvalue weighted by Crippen LogP contribution is 2.26. The van der Waals surface area contributed by atoms with E-state index >= 15 is 0 Å². The standard InChI is InChI=1S/C23H28N6O.HI/c1-24-23(29-12-10-20(17-29)21-14-26-27(2)16-21)25-13-18-6-8-19(9-7-18)15-28-11-4-3-5-22(28)30;/h3-9,11,14,16,20H,10,12-13,15,17H2,1-2H3,(H,24,25);1H. The Morgan fingerprint density at radius 2 is 1.97 bits per heavy atom. The van der Waals surface area contributed by atoms with E-state index in [2.05, 4.69) is 50.8 Å². The SMILES string of the molecule is CN=C(NCc1ccc(Cn2ccccc2=O)cc1)N1CCC(c2cnn(C)c2)C1.I. The van der Waals surface area contributed by atoms with Gasteiger partial charge in [-0.25, -0.2) is 0 Å². The van der Waals surface area contributed by atoms with Gasteiger partial charge in [-0.15, -0.1) is 24.0 Å². The molecule has 1 aliphatic heterocycles. The molecule has 0 bridgehead atoms. The summed E-state index contributed by atoms with van der Waals surface area (Å²) in [7, 11) is 3.79. The lowest BCUT2D eigenvalue weighted by Crippen LogP contribution is -2.39. The number of benzene rings is 1. The van der Waals surface area contributed by atoms with Crippen LogP contribution in [0.5, 0.6) is 0 Å². The molecule has 1 aromatic carbocycles. The average molecular weight is 532 g/mol. The third-order valence-corrected chi connectivity index (χ3v) is 5.62. The maximum absolute atomic E-state index is 11.9. The van der Waals surface area contributed by atoms with Crippen LogP contribution in [0.25, 0.3) is 0 Å². The first-order valence-corrected chi connectivity index (χ1v) is 10.3. The molecule has 1 fully saturated rings. The number of likely N-dealkylation sites (tertiary alicyclic amines) is 1. The summed E-state index contributed by atoms with van der Waals surface area (Å²) in [6.07, 6.45) is 7.00. The van der Waals surface area contributed by atoms with Gasteiger partial charge in [0.2, 0.25) is 0 Å². The fourth-order valence-corrected chi connectivity index (χ4v) is 3.94. The average Bonchev–Trinajstić information content (AvgIpc) is 3.41. The summed E-state index contributed by atoms with van der Waals surface area (Å²) in [6, 6.07) is 13.6. The minimum Gasteiger partial charge on any atom is -0.352 e. The first-order chi connectivity index (χ1) is 14.6. The lowest BCUT2D eigenvalue weighted by atomic mass is 10.0. The van der Waals surface area contributed by atoms with Crippen LogP contribution in [-0.2, 0) is 20.1 Å². The van der Waals surface area contributed by atoms with E-state index in [-0.39, 0.29) is 29.5 Å². The Hall–Kier alpha value is -2.62. The summed E-state index contributed by atoms with van der Waals surface area (Å²) in [5, 5.41) is 7.78. The fourth-order valence-electron chi connectivity index (χ4n) is 3.94. The predicted octanol–water partition coefficient (Wildman–Crippen LogP) is 2.81. The van der Waals surface area contributed by atoms with Crippen molar-refractivity contribution in [1.29, 1.82) is 0 Å². The molecule has 31 heavy (non-hydrogen) atoms. The molecule has 1 unspecified atom stereocenters. The van der Waals surface area contributed by atoms with Gasteiger partial charge < -0.3 is 14.8 Å². The highest BCUT2D eigenvalue weighted by molar-refractivity contribution is 14.0. The number of halogens is 1. The quantitative estimate of drug-likeness (QED) is 0.312. The Labute approximate surface area is 199 Å². The van der Waals surface area contributed by atoms with Crippen LogP contribution in [-0.4, -0.2) is 45.3 Å². The van der Waals surface area contributed by atoms with Crippen LogP contribution in [0, 0.1) is 0 Å². The second-order valence-electron chi connectivity index (χ2n) is 7.76. The molecule has 0 aliphatic carbocycles. The van der Waals surface area contributed by atoms with Gasteiger partial charge in [-0.05, 0) is 29.2 Å². The van der Waals surface area contributed by atoms with Crippen LogP contribution in [0.3, 0.4) is 0 Å². The van der Waals surface area contributed by atoms with Crippen LogP contribution in [0.1, 0.15) is 29.0 Å². The van der Waals surface area contributed by atoms with E-state index in [1.807, 2.05) is 37.2 Å². The van der Waals surface area contributed by atoms with Gasteiger partial charge in [0.1, 0.15) is 0 Å². The molecule has 3 heterocycles. The summed E-state index contributed by atoms with van der Waals surface area (Å²) in [5.74, 6) is 1.43. The molecule has 8 heteroatoms. The Morgan fingerprint density at radius 3 is 2.65 bits per heavy atom. The fraction of sp³-hybridized carbons (Fsp3) is 0.348. The first kappa shape index (κ1) is 23.1. The van der Waals surface area contributed by atoms with E-state index < -0.39 is 0 Å². The number of nitrogens with zero attached hydrogens (tertiary/aromatic N) is 5. The van der Waals surface area contributed by atoms with Crippen molar-refractivity contribution in [3.63, 3.8) is 0 Å². The third-order valence-electron chi connectivity index (χ3n) is 5.62. The number of aromatic nitrogens is 3. The number of hydrogen-bond acceptors (Lipinski definition) is 3. The highest BCUT2D eigenvalue weighted by Gasteiger charge is 2.26. The smallest absolute Gasteiger partial charge is 0.250 e. The number of rotatable bonds is 5. The number of hydrogen-bond donors (Lipinski definition) is 1. The van der Waals surface area contributed by atoms with E-state index in [0.717, 1.165) is 31.0 Å². The molecule has 0 amide bonds. The summed E-state index contributed by atoms with van der Waals surface area (Å²) < 4.78 is 3.57. The highest BCUT2D eigenvalue weighted by atomic mass is 127. The van der Waals surface area contributed by atoms with Crippen LogP contribution < -0.4 is 10.9 Å². The summed E-state index contributed by atoms with van der Waals surface area (Å²) in [5.41, 5.74) is 3.60. The maximum Gasteiger partial charge on any atom is 0.250 e. The monoisotopic (exact) mass is 532 g/mol. The van der Waals surface area contributed by atoms with Gasteiger partial charge in [-0.1, -0.05) is 30.3 Å². The molecule has 7 nitrogen and oxygen atoms in total. The van der Waals surface area contributed by atoms with Crippen LogP contribution in [0.2, 0.25) is 0 Å². The van der Waals surface area contributed by atoms with Crippen molar-refractivity contribution in [2.45, 2.75) is 25.4 Å². The van der Waals surface area contributed by atoms with E-state index in [9.17, 15) is 4.79 Å². The minimum atomic E-state index is 0. The maximum atomic E-state index is 11.9. The van der Waals surface area contributed by atoms with E-state index in [4.69, 9.17) is 0 Å². The van der Waals surface area contributed by atoms with Crippen LogP contribution in [0.4, 0.5) is 0 Å². The molecule has 0 spiro atoms. The van der Waals surface area contributed by atoms with Crippen LogP contribution >= 0.6 is 24.0 Å². The second kappa shape index (κ2) is 10.6. The summed E-state index contributed by atoms with van der Waals surface area (Å²) >= 11 is 0. The van der Waals surface area contributed by atoms with Gasteiger partial charge in [-0.2, -0.15) is 5.10 Å². The predicted molar refractivity (Wildman–Crippen MR) is 134 cm³/mol. The number of pyridine rings is 1. The normalized spacial score (nSPS) is 16.3. The van der Waals surface area contributed by atoms with Gasteiger partial charge >= 0.3 is 0 Å². The molecule has 1 N–H and O–H groups in total. The molecule has 0 saturated carbocycles. The molecule has 2 aromatic heterocycles. The molecule has 0 radical (unpaired) electrons. The lowest BCUT2D eigenvalue weighted by molar-refractivity contribution is 0.486. The zero-order valence-electron chi connectivity index (χ0n) is 17.9. The van der Waals surface area contributed by atoms with Gasteiger partial charge in [0, 0.05) is 58.1 Å². The Balaban J connectivity index is 0.00000272. The Kier molecular flexibility index (Phi) is 7.89. The van der Waals surface area contributed by atoms with Gasteiger partial charge in [0.25, 0.3) is 5.56 Å². The van der Waals surface area contributed by atoms with E-state index in [1.165, 1.54) is 11.1 Å². The molecular formula is C23H29IN6O. The Bertz CT molecular complexity index is 1070. The summed E-state index contributed by atoms with van der Waals surface area (Å²) in [6.45, 7) is 3.24. The molecule has 164 valence electrons. The number of nitrogens with one attached hydrogen (secondary N) is 1. The minimum absolute atomic E-state index is 0. The molecule has 3 aromatic rings. The molecule has 1 atom stereocenters. The van der Waals surface area contributed by atoms with Crippen molar-refractivity contribution in [3.8, 4) is 0 Å². The largest absolute Gasteiger partial charge is 0.352 e. The van der Waals surface area contributed by atoms with Crippen molar-refractivity contribution in [2.24, 2.45) is 12.0 Å². The number of guanidine groups is 1. The zero-order chi connectivity index (χ0) is 20.9. The second-order valence-corrected chi connectivity index (χ2v) is 7.76. The van der Waals surface area contributed by atoms with Crippen molar-refractivity contribution >= 4 is 29.9 Å². The van der Waals surface area contributed by atoms with E-state index in [0.29, 0.717) is 19.0 Å². The third kappa shape index (κ3) is 5.75. The van der Waals surface area contributed by atoms with Gasteiger partial charge in [0.05, 0.1) is 12.7 Å². The molecule has 1 aliphatic rings. The first-order valence-electron chi connectivity index (χ1n) is 10.3. The van der Waals surface area contributed by atoms with Crippen molar-refractivity contribution in [2.75, 3.05) is 20.1 Å². The summed E-state index contributed by atoms with van der Waals surface area (Å²) in [4.78, 5) is 18.7. The molecular weight excluding hydrogens is 503 g/mol. The zero-order valence-corrected chi connectivity index (χ0v) is 20.3.